The van der Waals surface area contributed by atoms with E-state index >= 15 is 0 Å². The summed E-state index contributed by atoms with van der Waals surface area (Å²) in [7, 11) is 1.95. The lowest BCUT2D eigenvalue weighted by molar-refractivity contribution is 0.694. The van der Waals surface area contributed by atoms with Gasteiger partial charge in [-0.05, 0) is 29.4 Å². The molecule has 3 nitrogen and oxygen atoms in total. The summed E-state index contributed by atoms with van der Waals surface area (Å²) in [6, 6.07) is 2.15. The number of rotatable bonds is 4. The van der Waals surface area contributed by atoms with E-state index in [0.717, 1.165) is 13.1 Å². The molecule has 0 atom stereocenters. The van der Waals surface area contributed by atoms with Gasteiger partial charge in [0, 0.05) is 19.3 Å². The molecule has 2 heterocycles. The molecule has 0 bridgehead atoms. The molecule has 0 fully saturated rings. The van der Waals surface area contributed by atoms with Crippen LogP contribution in [0.5, 0.6) is 0 Å². The Hall–Kier alpha value is -1.13. The number of hydrogen-bond donors (Lipinski definition) is 1. The Kier molecular flexibility index (Phi) is 2.96. The monoisotopic (exact) mass is 207 g/mol. The van der Waals surface area contributed by atoms with Crippen LogP contribution >= 0.6 is 11.3 Å². The average molecular weight is 207 g/mol. The molecule has 0 aromatic carbocycles. The molecule has 0 aliphatic carbocycles. The fraction of sp³-hybridized carbons (Fsp3) is 0.300. The molecule has 0 aliphatic heterocycles. The van der Waals surface area contributed by atoms with E-state index in [-0.39, 0.29) is 0 Å². The van der Waals surface area contributed by atoms with Crippen LogP contribution in [-0.2, 0) is 13.1 Å². The second kappa shape index (κ2) is 4.39. The number of nitrogens with zero attached hydrogens (tertiary/aromatic N) is 2. The fourth-order valence-corrected chi connectivity index (χ4v) is 2.06. The highest BCUT2D eigenvalue weighted by atomic mass is 32.1. The molecule has 2 aromatic heterocycles. The zero-order valence-electron chi connectivity index (χ0n) is 8.10. The normalized spacial score (nSPS) is 10.6. The summed E-state index contributed by atoms with van der Waals surface area (Å²) in [4.78, 5) is 4.15. The topological polar surface area (TPSA) is 29.9 Å². The second-order valence-corrected chi connectivity index (χ2v) is 3.95. The van der Waals surface area contributed by atoms with Crippen molar-refractivity contribution in [2.24, 2.45) is 0 Å². The van der Waals surface area contributed by atoms with Gasteiger partial charge in [-0.3, -0.25) is 0 Å². The van der Waals surface area contributed by atoms with Crippen LogP contribution < -0.4 is 5.32 Å². The van der Waals surface area contributed by atoms with Gasteiger partial charge in [0.15, 0.2) is 0 Å². The molecule has 0 saturated carbocycles. The van der Waals surface area contributed by atoms with Crippen molar-refractivity contribution in [3.05, 3.63) is 40.6 Å². The van der Waals surface area contributed by atoms with E-state index in [1.165, 1.54) is 11.3 Å². The minimum Gasteiger partial charge on any atom is -0.329 e. The van der Waals surface area contributed by atoms with Crippen LogP contribution in [-0.4, -0.2) is 16.6 Å². The van der Waals surface area contributed by atoms with Crippen LogP contribution in [0.1, 0.15) is 11.3 Å². The predicted octanol–water partition coefficient (Wildman–Crippen LogP) is 1.71. The van der Waals surface area contributed by atoms with Gasteiger partial charge in [0.2, 0.25) is 0 Å². The Morgan fingerprint density at radius 1 is 1.57 bits per heavy atom. The van der Waals surface area contributed by atoms with Crippen molar-refractivity contribution in [2.45, 2.75) is 13.1 Å². The molecule has 1 N–H and O–H groups in total. The Bertz CT molecular complexity index is 378. The highest BCUT2D eigenvalue weighted by Crippen LogP contribution is 2.09. The van der Waals surface area contributed by atoms with E-state index in [4.69, 9.17) is 0 Å². The molecule has 14 heavy (non-hydrogen) atoms. The molecule has 74 valence electrons. The maximum absolute atomic E-state index is 4.15. The number of hydrogen-bond acceptors (Lipinski definition) is 3. The molecule has 4 heteroatoms. The third-order valence-corrected chi connectivity index (χ3v) is 2.82. The minimum atomic E-state index is 0.865. The molecule has 0 saturated heterocycles. The lowest BCUT2D eigenvalue weighted by Gasteiger charge is -2.05. The van der Waals surface area contributed by atoms with E-state index in [2.05, 4.69) is 31.7 Å². The third kappa shape index (κ3) is 2.02. The molecule has 0 amide bonds. The van der Waals surface area contributed by atoms with Crippen molar-refractivity contribution in [3.8, 4) is 0 Å². The second-order valence-electron chi connectivity index (χ2n) is 3.17. The standard InChI is InChI=1S/C10H13N3S/c1-11-4-10-5-12-8-13(10)6-9-2-3-14-7-9/h2-3,5,7-8,11H,4,6H2,1H3. The Labute approximate surface area is 87.4 Å². The first-order valence-electron chi connectivity index (χ1n) is 4.55. The highest BCUT2D eigenvalue weighted by Gasteiger charge is 2.01. The van der Waals surface area contributed by atoms with Crippen LogP contribution in [0.3, 0.4) is 0 Å². The summed E-state index contributed by atoms with van der Waals surface area (Å²) in [5.74, 6) is 0. The predicted molar refractivity (Wildman–Crippen MR) is 58.4 cm³/mol. The number of aromatic nitrogens is 2. The minimum absolute atomic E-state index is 0.865. The Balaban J connectivity index is 2.12. The highest BCUT2D eigenvalue weighted by molar-refractivity contribution is 7.07. The van der Waals surface area contributed by atoms with Gasteiger partial charge in [-0.25, -0.2) is 4.98 Å². The van der Waals surface area contributed by atoms with Gasteiger partial charge in [-0.1, -0.05) is 0 Å². The Morgan fingerprint density at radius 3 is 3.21 bits per heavy atom. The summed E-state index contributed by atoms with van der Waals surface area (Å²) in [5.41, 5.74) is 2.56. The lowest BCUT2D eigenvalue weighted by Crippen LogP contribution is -2.11. The van der Waals surface area contributed by atoms with Crippen LogP contribution in [0.25, 0.3) is 0 Å². The molecule has 0 radical (unpaired) electrons. The quantitative estimate of drug-likeness (QED) is 0.827. The van der Waals surface area contributed by atoms with Crippen LogP contribution in [0.2, 0.25) is 0 Å². The van der Waals surface area contributed by atoms with Crippen molar-refractivity contribution in [1.29, 1.82) is 0 Å². The molecule has 0 spiro atoms. The number of imidazole rings is 1. The van der Waals surface area contributed by atoms with Gasteiger partial charge in [-0.2, -0.15) is 11.3 Å². The average Bonchev–Trinajstić information content (AvgIpc) is 2.80. The van der Waals surface area contributed by atoms with E-state index in [9.17, 15) is 0 Å². The number of nitrogens with one attached hydrogen (secondary N) is 1. The van der Waals surface area contributed by atoms with Gasteiger partial charge < -0.3 is 9.88 Å². The molecule has 2 aromatic rings. The van der Waals surface area contributed by atoms with Crippen molar-refractivity contribution in [3.63, 3.8) is 0 Å². The van der Waals surface area contributed by atoms with E-state index in [1.54, 1.807) is 11.3 Å². The first kappa shape index (κ1) is 9.43. The van der Waals surface area contributed by atoms with Crippen LogP contribution in [0.15, 0.2) is 29.4 Å². The smallest absolute Gasteiger partial charge is 0.0951 e. The summed E-state index contributed by atoms with van der Waals surface area (Å²) in [6.45, 7) is 1.78. The molecule has 0 aliphatic rings. The fourth-order valence-electron chi connectivity index (χ4n) is 1.40. The first-order chi connectivity index (χ1) is 6.90. The van der Waals surface area contributed by atoms with Gasteiger partial charge in [-0.15, -0.1) is 0 Å². The van der Waals surface area contributed by atoms with E-state index in [0.29, 0.717) is 0 Å². The Morgan fingerprint density at radius 2 is 2.50 bits per heavy atom. The summed E-state index contributed by atoms with van der Waals surface area (Å²) in [5, 5.41) is 7.40. The maximum atomic E-state index is 4.15. The van der Waals surface area contributed by atoms with Crippen molar-refractivity contribution < 1.29 is 0 Å². The summed E-state index contributed by atoms with van der Waals surface area (Å²) < 4.78 is 2.17. The van der Waals surface area contributed by atoms with E-state index < -0.39 is 0 Å². The largest absolute Gasteiger partial charge is 0.329 e. The van der Waals surface area contributed by atoms with Gasteiger partial charge >= 0.3 is 0 Å². The zero-order valence-corrected chi connectivity index (χ0v) is 8.92. The van der Waals surface area contributed by atoms with Crippen molar-refractivity contribution in [1.82, 2.24) is 14.9 Å². The summed E-state index contributed by atoms with van der Waals surface area (Å²) in [6.07, 6.45) is 3.78. The number of thiophene rings is 1. The molecular formula is C10H13N3S. The lowest BCUT2D eigenvalue weighted by atomic mass is 10.3. The van der Waals surface area contributed by atoms with E-state index in [1.807, 2.05) is 19.6 Å². The third-order valence-electron chi connectivity index (χ3n) is 2.09. The first-order valence-corrected chi connectivity index (χ1v) is 5.49. The maximum Gasteiger partial charge on any atom is 0.0951 e. The summed E-state index contributed by atoms with van der Waals surface area (Å²) >= 11 is 1.73. The molecule has 2 rings (SSSR count). The van der Waals surface area contributed by atoms with Crippen molar-refractivity contribution in [2.75, 3.05) is 7.05 Å². The van der Waals surface area contributed by atoms with Crippen molar-refractivity contribution >= 4 is 11.3 Å². The van der Waals surface area contributed by atoms with Crippen LogP contribution in [0, 0.1) is 0 Å². The molecule has 0 unspecified atom stereocenters. The molecular weight excluding hydrogens is 194 g/mol. The van der Waals surface area contributed by atoms with Gasteiger partial charge in [0.05, 0.1) is 12.0 Å². The van der Waals surface area contributed by atoms with Gasteiger partial charge in [0.1, 0.15) is 0 Å². The zero-order chi connectivity index (χ0) is 9.80. The SMILES string of the molecule is CNCc1cncn1Cc1ccsc1. The van der Waals surface area contributed by atoms with Gasteiger partial charge in [0.25, 0.3) is 0 Å². The van der Waals surface area contributed by atoms with Crippen LogP contribution in [0.4, 0.5) is 0 Å².